The molecule has 1 aliphatic rings. The molecule has 4 heteroatoms. The van der Waals surface area contributed by atoms with Gasteiger partial charge in [0, 0.05) is 17.8 Å². The van der Waals surface area contributed by atoms with E-state index in [1.165, 1.54) is 30.0 Å². The molecular formula is C9H15N3S. The van der Waals surface area contributed by atoms with E-state index in [1.807, 2.05) is 18.0 Å². The fourth-order valence-corrected chi connectivity index (χ4v) is 2.80. The highest BCUT2D eigenvalue weighted by Crippen LogP contribution is 2.30. The third kappa shape index (κ3) is 2.06. The number of nitrogens with one attached hydrogen (secondary N) is 1. The van der Waals surface area contributed by atoms with Gasteiger partial charge in [-0.3, -0.25) is 0 Å². The summed E-state index contributed by atoms with van der Waals surface area (Å²) in [6, 6.07) is 0. The minimum absolute atomic E-state index is 0.515. The Morgan fingerprint density at radius 3 is 2.92 bits per heavy atom. The minimum Gasteiger partial charge on any atom is -0.345 e. The molecule has 0 unspecified atom stereocenters. The van der Waals surface area contributed by atoms with Gasteiger partial charge in [0.15, 0.2) is 0 Å². The van der Waals surface area contributed by atoms with Crippen LogP contribution in [-0.4, -0.2) is 21.5 Å². The average Bonchev–Trinajstić information content (AvgIpc) is 2.67. The second-order valence-electron chi connectivity index (χ2n) is 3.38. The van der Waals surface area contributed by atoms with Crippen molar-refractivity contribution in [2.45, 2.75) is 25.3 Å². The van der Waals surface area contributed by atoms with Crippen LogP contribution in [0.3, 0.4) is 0 Å². The fourth-order valence-electron chi connectivity index (χ4n) is 1.70. The number of nitrogens with two attached hydrogens (primary N) is 1. The molecule has 1 aromatic rings. The number of imidazole rings is 1. The van der Waals surface area contributed by atoms with Crippen molar-refractivity contribution in [1.82, 2.24) is 9.97 Å². The van der Waals surface area contributed by atoms with Crippen LogP contribution in [0.4, 0.5) is 0 Å². The second-order valence-corrected chi connectivity index (χ2v) is 4.60. The third-order valence-electron chi connectivity index (χ3n) is 2.50. The first-order valence-corrected chi connectivity index (χ1v) is 5.87. The van der Waals surface area contributed by atoms with Crippen molar-refractivity contribution >= 4 is 11.8 Å². The molecule has 1 aromatic heterocycles. The third-order valence-corrected chi connectivity index (χ3v) is 3.55. The van der Waals surface area contributed by atoms with E-state index in [4.69, 9.17) is 5.73 Å². The van der Waals surface area contributed by atoms with Crippen LogP contribution >= 0.6 is 11.8 Å². The number of H-pyrrole nitrogens is 1. The predicted octanol–water partition coefficient (Wildman–Crippen LogP) is 1.48. The lowest BCUT2D eigenvalue weighted by atomic mass is 10.00. The molecule has 0 spiro atoms. The summed E-state index contributed by atoms with van der Waals surface area (Å²) < 4.78 is 0. The van der Waals surface area contributed by atoms with E-state index in [0.717, 1.165) is 5.82 Å². The molecular weight excluding hydrogens is 182 g/mol. The zero-order valence-corrected chi connectivity index (χ0v) is 8.44. The number of aromatic amines is 1. The molecule has 0 amide bonds. The molecule has 13 heavy (non-hydrogen) atoms. The van der Waals surface area contributed by atoms with Gasteiger partial charge in [-0.25, -0.2) is 4.98 Å². The van der Waals surface area contributed by atoms with E-state index in [1.54, 1.807) is 0 Å². The van der Waals surface area contributed by atoms with E-state index in [0.29, 0.717) is 12.5 Å². The molecule has 0 bridgehead atoms. The van der Waals surface area contributed by atoms with Crippen molar-refractivity contribution in [2.75, 3.05) is 11.5 Å². The molecule has 0 saturated carbocycles. The van der Waals surface area contributed by atoms with Gasteiger partial charge in [0.1, 0.15) is 5.82 Å². The van der Waals surface area contributed by atoms with Gasteiger partial charge in [-0.15, -0.1) is 0 Å². The fraction of sp³-hybridized carbons (Fsp3) is 0.667. The molecule has 0 aromatic carbocycles. The summed E-state index contributed by atoms with van der Waals surface area (Å²) in [4.78, 5) is 7.51. The first-order valence-electron chi connectivity index (χ1n) is 4.71. The maximum Gasteiger partial charge on any atom is 0.120 e. The Balaban J connectivity index is 2.05. The first kappa shape index (κ1) is 9.09. The van der Waals surface area contributed by atoms with Crippen LogP contribution < -0.4 is 5.73 Å². The van der Waals surface area contributed by atoms with Gasteiger partial charge >= 0.3 is 0 Å². The molecule has 2 heterocycles. The van der Waals surface area contributed by atoms with Crippen LogP contribution in [0.5, 0.6) is 0 Å². The van der Waals surface area contributed by atoms with Crippen LogP contribution in [0.1, 0.15) is 30.3 Å². The summed E-state index contributed by atoms with van der Waals surface area (Å²) in [6.07, 6.45) is 4.50. The highest BCUT2D eigenvalue weighted by molar-refractivity contribution is 7.99. The number of nitrogens with zero attached hydrogens (tertiary/aromatic N) is 1. The molecule has 2 rings (SSSR count). The number of rotatable bonds is 2. The minimum atomic E-state index is 0.515. The van der Waals surface area contributed by atoms with E-state index >= 15 is 0 Å². The second kappa shape index (κ2) is 4.15. The van der Waals surface area contributed by atoms with Crippen LogP contribution in [0.15, 0.2) is 6.20 Å². The monoisotopic (exact) mass is 197 g/mol. The highest BCUT2D eigenvalue weighted by atomic mass is 32.2. The van der Waals surface area contributed by atoms with Gasteiger partial charge in [-0.1, -0.05) is 0 Å². The summed E-state index contributed by atoms with van der Waals surface area (Å²) in [7, 11) is 0. The quantitative estimate of drug-likeness (QED) is 0.755. The topological polar surface area (TPSA) is 54.7 Å². The number of hydrogen-bond donors (Lipinski definition) is 2. The lowest BCUT2D eigenvalue weighted by Gasteiger charge is -2.19. The summed E-state index contributed by atoms with van der Waals surface area (Å²) >= 11 is 2.05. The predicted molar refractivity (Wildman–Crippen MR) is 55.8 cm³/mol. The smallest absolute Gasteiger partial charge is 0.120 e. The Bertz CT molecular complexity index is 266. The maximum absolute atomic E-state index is 5.49. The van der Waals surface area contributed by atoms with Crippen molar-refractivity contribution < 1.29 is 0 Å². The lowest BCUT2D eigenvalue weighted by molar-refractivity contribution is 0.620. The van der Waals surface area contributed by atoms with Crippen LogP contribution in [0.2, 0.25) is 0 Å². The average molecular weight is 197 g/mol. The van der Waals surface area contributed by atoms with Gasteiger partial charge in [0.05, 0.1) is 6.54 Å². The standard InChI is InChI=1S/C9H15N3S/c10-5-9-11-6-8(12-9)7-1-3-13-4-2-7/h6-7H,1-5,10H2,(H,11,12). The van der Waals surface area contributed by atoms with Crippen molar-refractivity contribution in [2.24, 2.45) is 5.73 Å². The molecule has 0 radical (unpaired) electrons. The number of hydrogen-bond acceptors (Lipinski definition) is 3. The van der Waals surface area contributed by atoms with Crippen LogP contribution in [-0.2, 0) is 6.54 Å². The maximum atomic E-state index is 5.49. The van der Waals surface area contributed by atoms with Crippen molar-refractivity contribution in [3.05, 3.63) is 17.7 Å². The summed E-state index contributed by atoms with van der Waals surface area (Å²) in [6.45, 7) is 0.515. The first-order chi connectivity index (χ1) is 6.40. The van der Waals surface area contributed by atoms with Crippen molar-refractivity contribution in [3.8, 4) is 0 Å². The molecule has 3 N–H and O–H groups in total. The van der Waals surface area contributed by atoms with Crippen LogP contribution in [0.25, 0.3) is 0 Å². The summed E-state index contributed by atoms with van der Waals surface area (Å²) in [5.74, 6) is 4.16. The highest BCUT2D eigenvalue weighted by Gasteiger charge is 2.17. The lowest BCUT2D eigenvalue weighted by Crippen LogP contribution is -2.08. The van der Waals surface area contributed by atoms with Crippen molar-refractivity contribution in [3.63, 3.8) is 0 Å². The SMILES string of the molecule is NCc1ncc(C2CCSCC2)[nH]1. The Hall–Kier alpha value is -0.480. The Morgan fingerprint density at radius 1 is 1.54 bits per heavy atom. The number of aromatic nitrogens is 2. The molecule has 0 aliphatic carbocycles. The van der Waals surface area contributed by atoms with Gasteiger partial charge in [0.25, 0.3) is 0 Å². The van der Waals surface area contributed by atoms with Gasteiger partial charge < -0.3 is 10.7 Å². The van der Waals surface area contributed by atoms with Gasteiger partial charge in [-0.05, 0) is 24.3 Å². The zero-order valence-electron chi connectivity index (χ0n) is 7.62. The molecule has 1 fully saturated rings. The molecule has 1 aliphatic heterocycles. The molecule has 3 nitrogen and oxygen atoms in total. The van der Waals surface area contributed by atoms with E-state index < -0.39 is 0 Å². The van der Waals surface area contributed by atoms with Crippen LogP contribution in [0, 0.1) is 0 Å². The van der Waals surface area contributed by atoms with E-state index in [-0.39, 0.29) is 0 Å². The molecule has 0 atom stereocenters. The van der Waals surface area contributed by atoms with E-state index in [9.17, 15) is 0 Å². The molecule has 1 saturated heterocycles. The normalized spacial score (nSPS) is 19.2. The van der Waals surface area contributed by atoms with E-state index in [2.05, 4.69) is 9.97 Å². The molecule has 72 valence electrons. The Kier molecular flexibility index (Phi) is 2.90. The van der Waals surface area contributed by atoms with Crippen molar-refractivity contribution in [1.29, 1.82) is 0 Å². The summed E-state index contributed by atoms with van der Waals surface area (Å²) in [5.41, 5.74) is 6.77. The largest absolute Gasteiger partial charge is 0.345 e. The zero-order chi connectivity index (χ0) is 9.10. The van der Waals surface area contributed by atoms with Gasteiger partial charge in [0.2, 0.25) is 0 Å². The summed E-state index contributed by atoms with van der Waals surface area (Å²) in [5, 5.41) is 0. The van der Waals surface area contributed by atoms with Gasteiger partial charge in [-0.2, -0.15) is 11.8 Å². The Morgan fingerprint density at radius 2 is 2.31 bits per heavy atom. The Labute approximate surface area is 82.5 Å². The number of thioether (sulfide) groups is 1.